The number of hydrogen-bond donors (Lipinski definition) is 1. The maximum absolute atomic E-state index is 9.96. The average molecular weight is 155 g/mol. The molecule has 0 fully saturated rings. The summed E-state index contributed by atoms with van der Waals surface area (Å²) < 4.78 is 0. The molecule has 0 saturated carbocycles. The highest BCUT2D eigenvalue weighted by molar-refractivity contribution is 5.29. The van der Waals surface area contributed by atoms with Gasteiger partial charge in [0.1, 0.15) is 6.10 Å². The van der Waals surface area contributed by atoms with Gasteiger partial charge in [0, 0.05) is 4.92 Å². The first kappa shape index (κ1) is 7.94. The van der Waals surface area contributed by atoms with Gasteiger partial charge in [-0.25, -0.2) is 0 Å². The van der Waals surface area contributed by atoms with E-state index in [1.807, 2.05) is 6.08 Å². The molecule has 1 N–H and O–H groups in total. The van der Waals surface area contributed by atoms with Crippen LogP contribution < -0.4 is 0 Å². The SMILES string of the molecule is O=[N+]([O-])CC(O)C1=CCC=C1. The lowest BCUT2D eigenvalue weighted by Crippen LogP contribution is -2.20. The van der Waals surface area contributed by atoms with Crippen LogP contribution in [0.25, 0.3) is 0 Å². The molecular weight excluding hydrogens is 146 g/mol. The first-order chi connectivity index (χ1) is 5.20. The number of aliphatic hydroxyl groups is 1. The summed E-state index contributed by atoms with van der Waals surface area (Å²) in [5.74, 6) is 0. The van der Waals surface area contributed by atoms with Crippen LogP contribution in [0, 0.1) is 10.1 Å². The minimum absolute atomic E-state index is 0.407. The summed E-state index contributed by atoms with van der Waals surface area (Å²) in [4.78, 5) is 9.44. The third kappa shape index (κ3) is 2.16. The summed E-state index contributed by atoms with van der Waals surface area (Å²) in [6.45, 7) is -0.407. The largest absolute Gasteiger partial charge is 0.382 e. The molecule has 1 rings (SSSR count). The van der Waals surface area contributed by atoms with Gasteiger partial charge in [-0.3, -0.25) is 10.1 Å². The second-order valence-electron chi connectivity index (χ2n) is 2.37. The van der Waals surface area contributed by atoms with Crippen LogP contribution >= 0.6 is 0 Å². The Balaban J connectivity index is 2.47. The fourth-order valence-corrected chi connectivity index (χ4v) is 0.970. The zero-order chi connectivity index (χ0) is 8.27. The first-order valence-electron chi connectivity index (χ1n) is 3.36. The van der Waals surface area contributed by atoms with Gasteiger partial charge in [-0.2, -0.15) is 0 Å². The third-order valence-corrected chi connectivity index (χ3v) is 1.51. The molecule has 60 valence electrons. The van der Waals surface area contributed by atoms with Gasteiger partial charge in [-0.05, 0) is 12.0 Å². The molecule has 0 bridgehead atoms. The predicted octanol–water partition coefficient (Wildman–Crippen LogP) is 0.510. The highest BCUT2D eigenvalue weighted by Gasteiger charge is 2.15. The fourth-order valence-electron chi connectivity index (χ4n) is 0.970. The molecule has 11 heavy (non-hydrogen) atoms. The second-order valence-corrected chi connectivity index (χ2v) is 2.37. The third-order valence-electron chi connectivity index (χ3n) is 1.51. The molecule has 0 aromatic carbocycles. The van der Waals surface area contributed by atoms with E-state index in [0.717, 1.165) is 6.42 Å². The van der Waals surface area contributed by atoms with Crippen LogP contribution in [0.2, 0.25) is 0 Å². The van der Waals surface area contributed by atoms with Crippen molar-refractivity contribution in [2.75, 3.05) is 6.54 Å². The molecule has 0 spiro atoms. The predicted molar refractivity (Wildman–Crippen MR) is 39.7 cm³/mol. The highest BCUT2D eigenvalue weighted by Crippen LogP contribution is 2.12. The number of allylic oxidation sites excluding steroid dienone is 2. The Morgan fingerprint density at radius 3 is 3.00 bits per heavy atom. The molecule has 0 amide bonds. The topological polar surface area (TPSA) is 63.4 Å². The van der Waals surface area contributed by atoms with Gasteiger partial charge in [0.25, 0.3) is 0 Å². The summed E-state index contributed by atoms with van der Waals surface area (Å²) >= 11 is 0. The minimum Gasteiger partial charge on any atom is -0.382 e. The van der Waals surface area contributed by atoms with Gasteiger partial charge < -0.3 is 5.11 Å². The van der Waals surface area contributed by atoms with Gasteiger partial charge in [-0.1, -0.05) is 18.2 Å². The summed E-state index contributed by atoms with van der Waals surface area (Å²) in [5.41, 5.74) is 0.654. The smallest absolute Gasteiger partial charge is 0.233 e. The summed E-state index contributed by atoms with van der Waals surface area (Å²) in [6, 6.07) is 0. The Morgan fingerprint density at radius 2 is 2.55 bits per heavy atom. The molecule has 1 atom stereocenters. The van der Waals surface area contributed by atoms with Crippen LogP contribution in [0.4, 0.5) is 0 Å². The average Bonchev–Trinajstić information content (AvgIpc) is 2.35. The molecule has 4 nitrogen and oxygen atoms in total. The minimum atomic E-state index is -0.941. The standard InChI is InChI=1S/C7H9NO3/c9-7(5-8(10)11)6-3-1-2-4-6/h1,3-4,7,9H,2,5H2. The number of rotatable bonds is 3. The van der Waals surface area contributed by atoms with Gasteiger partial charge in [-0.15, -0.1) is 0 Å². The van der Waals surface area contributed by atoms with Gasteiger partial charge in [0.2, 0.25) is 6.54 Å². The number of hydrogen-bond acceptors (Lipinski definition) is 3. The van der Waals surface area contributed by atoms with E-state index in [0.29, 0.717) is 5.57 Å². The highest BCUT2D eigenvalue weighted by atomic mass is 16.6. The second kappa shape index (κ2) is 3.30. The van der Waals surface area contributed by atoms with Crippen LogP contribution in [0.15, 0.2) is 23.8 Å². The van der Waals surface area contributed by atoms with Crippen molar-refractivity contribution in [3.05, 3.63) is 33.9 Å². The van der Waals surface area contributed by atoms with E-state index >= 15 is 0 Å². The van der Waals surface area contributed by atoms with Gasteiger partial charge in [0.05, 0.1) is 0 Å². The molecule has 1 aliphatic carbocycles. The number of aliphatic hydroxyl groups excluding tert-OH is 1. The lowest BCUT2D eigenvalue weighted by atomic mass is 10.1. The van der Waals surface area contributed by atoms with Crippen LogP contribution in [-0.2, 0) is 0 Å². The summed E-state index contributed by atoms with van der Waals surface area (Å²) in [7, 11) is 0. The zero-order valence-electron chi connectivity index (χ0n) is 5.93. The van der Waals surface area contributed by atoms with E-state index < -0.39 is 17.6 Å². The lowest BCUT2D eigenvalue weighted by molar-refractivity contribution is -0.488. The monoisotopic (exact) mass is 155 g/mol. The Labute approximate surface area is 64.0 Å². The van der Waals surface area contributed by atoms with Crippen molar-refractivity contribution in [2.24, 2.45) is 0 Å². The molecule has 0 aromatic rings. The lowest BCUT2D eigenvalue weighted by Gasteiger charge is -2.03. The molecule has 1 aliphatic rings. The maximum atomic E-state index is 9.96. The van der Waals surface area contributed by atoms with Crippen molar-refractivity contribution in [1.29, 1.82) is 0 Å². The van der Waals surface area contributed by atoms with E-state index in [-0.39, 0.29) is 0 Å². The van der Waals surface area contributed by atoms with E-state index in [9.17, 15) is 10.1 Å². The van der Waals surface area contributed by atoms with Crippen molar-refractivity contribution >= 4 is 0 Å². The number of nitro groups is 1. The molecule has 0 aliphatic heterocycles. The van der Waals surface area contributed by atoms with Crippen molar-refractivity contribution in [3.63, 3.8) is 0 Å². The van der Waals surface area contributed by atoms with Crippen molar-refractivity contribution in [3.8, 4) is 0 Å². The Bertz CT molecular complexity index is 220. The molecule has 0 saturated heterocycles. The van der Waals surface area contributed by atoms with Crippen LogP contribution in [-0.4, -0.2) is 22.7 Å². The van der Waals surface area contributed by atoms with Crippen molar-refractivity contribution in [2.45, 2.75) is 12.5 Å². The normalized spacial score (nSPS) is 18.1. The quantitative estimate of drug-likeness (QED) is 0.477. The Hall–Kier alpha value is -1.16. The molecule has 4 heteroatoms. The Morgan fingerprint density at radius 1 is 1.82 bits per heavy atom. The molecule has 0 aromatic heterocycles. The van der Waals surface area contributed by atoms with Crippen LogP contribution in [0.5, 0.6) is 0 Å². The maximum Gasteiger partial charge on any atom is 0.233 e. The van der Waals surface area contributed by atoms with Crippen molar-refractivity contribution < 1.29 is 10.0 Å². The molecule has 1 unspecified atom stereocenters. The van der Waals surface area contributed by atoms with Crippen LogP contribution in [0.3, 0.4) is 0 Å². The fraction of sp³-hybridized carbons (Fsp3) is 0.429. The van der Waals surface area contributed by atoms with Crippen LogP contribution in [0.1, 0.15) is 6.42 Å². The first-order valence-corrected chi connectivity index (χ1v) is 3.36. The number of nitrogens with zero attached hydrogens (tertiary/aromatic N) is 1. The van der Waals surface area contributed by atoms with E-state index in [1.54, 1.807) is 12.2 Å². The van der Waals surface area contributed by atoms with E-state index in [4.69, 9.17) is 5.11 Å². The van der Waals surface area contributed by atoms with E-state index in [1.165, 1.54) is 0 Å². The molecule has 0 radical (unpaired) electrons. The summed E-state index contributed by atoms with van der Waals surface area (Å²) in [5, 5.41) is 19.1. The molecule has 0 heterocycles. The zero-order valence-corrected chi connectivity index (χ0v) is 5.93. The Kier molecular flexibility index (Phi) is 2.38. The van der Waals surface area contributed by atoms with Gasteiger partial charge in [0.15, 0.2) is 0 Å². The summed E-state index contributed by atoms with van der Waals surface area (Å²) in [6.07, 6.45) is 5.19. The van der Waals surface area contributed by atoms with E-state index in [2.05, 4.69) is 0 Å². The molecular formula is C7H9NO3. The van der Waals surface area contributed by atoms with Gasteiger partial charge >= 0.3 is 0 Å². The van der Waals surface area contributed by atoms with Crippen molar-refractivity contribution in [1.82, 2.24) is 0 Å².